The van der Waals surface area contributed by atoms with Crippen molar-refractivity contribution in [1.29, 1.82) is 0 Å². The van der Waals surface area contributed by atoms with Crippen molar-refractivity contribution in [3.05, 3.63) is 29.8 Å². The first kappa shape index (κ1) is 14.7. The summed E-state index contributed by atoms with van der Waals surface area (Å²) in [5.41, 5.74) is 1.17. The van der Waals surface area contributed by atoms with Crippen LogP contribution in [0.15, 0.2) is 24.3 Å². The Morgan fingerprint density at radius 2 is 2.14 bits per heavy atom. The van der Waals surface area contributed by atoms with Crippen molar-refractivity contribution in [2.75, 3.05) is 32.8 Å². The molecule has 22 heavy (non-hydrogen) atoms. The predicted octanol–water partition coefficient (Wildman–Crippen LogP) is 1.29. The molecule has 0 N–H and O–H groups in total. The smallest absolute Gasteiger partial charge is 0.410 e. The van der Waals surface area contributed by atoms with Crippen LogP contribution in [0.25, 0.3) is 0 Å². The van der Waals surface area contributed by atoms with Crippen LogP contribution in [0.5, 0.6) is 5.75 Å². The van der Waals surface area contributed by atoms with Crippen molar-refractivity contribution in [1.82, 2.24) is 9.80 Å². The maximum absolute atomic E-state index is 12.1. The van der Waals surface area contributed by atoms with Gasteiger partial charge in [-0.05, 0) is 18.1 Å². The van der Waals surface area contributed by atoms with Crippen molar-refractivity contribution < 1.29 is 19.1 Å². The van der Waals surface area contributed by atoms with E-state index in [0.29, 0.717) is 26.2 Å². The van der Waals surface area contributed by atoms with Gasteiger partial charge in [-0.1, -0.05) is 25.1 Å². The number of amides is 2. The number of cyclic esters (lactones) is 1. The standard InChI is InChI=1S/C16H20N2O4/c1-2-12-5-3-4-6-14(12)22-13-9-18(10-13)15(19)11-17-7-8-21-16(17)20/h3-6,13H,2,7-11H2,1H3. The molecule has 6 nitrogen and oxygen atoms in total. The highest BCUT2D eigenvalue weighted by Gasteiger charge is 2.34. The van der Waals surface area contributed by atoms with E-state index in [1.165, 1.54) is 10.5 Å². The second-order valence-electron chi connectivity index (χ2n) is 5.54. The molecule has 2 amide bonds. The highest BCUT2D eigenvalue weighted by Crippen LogP contribution is 2.23. The molecule has 0 unspecified atom stereocenters. The molecule has 0 spiro atoms. The summed E-state index contributed by atoms with van der Waals surface area (Å²) >= 11 is 0. The summed E-state index contributed by atoms with van der Waals surface area (Å²) in [5.74, 6) is 0.840. The Kier molecular flexibility index (Phi) is 4.18. The fraction of sp³-hybridized carbons (Fsp3) is 0.500. The number of ether oxygens (including phenoxy) is 2. The second-order valence-corrected chi connectivity index (χ2v) is 5.54. The van der Waals surface area contributed by atoms with Crippen LogP contribution < -0.4 is 4.74 Å². The Balaban J connectivity index is 1.47. The number of carbonyl (C=O) groups excluding carboxylic acids is 2. The summed E-state index contributed by atoms with van der Waals surface area (Å²) in [4.78, 5) is 26.5. The minimum absolute atomic E-state index is 0.0298. The number of nitrogens with zero attached hydrogens (tertiary/aromatic N) is 2. The number of carbonyl (C=O) groups is 2. The maximum Gasteiger partial charge on any atom is 0.410 e. The largest absolute Gasteiger partial charge is 0.486 e. The first-order valence-electron chi connectivity index (χ1n) is 7.61. The van der Waals surface area contributed by atoms with E-state index in [2.05, 4.69) is 13.0 Å². The van der Waals surface area contributed by atoms with Gasteiger partial charge in [0.1, 0.15) is 25.0 Å². The van der Waals surface area contributed by atoms with Crippen LogP contribution in [0, 0.1) is 0 Å². The highest BCUT2D eigenvalue weighted by atomic mass is 16.6. The third-order valence-corrected chi connectivity index (χ3v) is 4.02. The Labute approximate surface area is 129 Å². The molecule has 2 aliphatic heterocycles. The van der Waals surface area contributed by atoms with Gasteiger partial charge in [0.25, 0.3) is 0 Å². The molecule has 6 heteroatoms. The molecule has 0 saturated carbocycles. The van der Waals surface area contributed by atoms with Crippen LogP contribution in [-0.4, -0.2) is 60.7 Å². The fourth-order valence-electron chi connectivity index (χ4n) is 2.64. The van der Waals surface area contributed by atoms with E-state index >= 15 is 0 Å². The van der Waals surface area contributed by atoms with E-state index < -0.39 is 6.09 Å². The van der Waals surface area contributed by atoms with Crippen molar-refractivity contribution in [2.45, 2.75) is 19.4 Å². The molecule has 0 aliphatic carbocycles. The van der Waals surface area contributed by atoms with Crippen molar-refractivity contribution in [3.8, 4) is 5.75 Å². The number of rotatable bonds is 5. The van der Waals surface area contributed by atoms with Gasteiger partial charge in [-0.3, -0.25) is 9.69 Å². The molecule has 2 aliphatic rings. The van der Waals surface area contributed by atoms with E-state index in [4.69, 9.17) is 9.47 Å². The zero-order valence-corrected chi connectivity index (χ0v) is 12.7. The second kappa shape index (κ2) is 6.25. The van der Waals surface area contributed by atoms with Gasteiger partial charge in [-0.2, -0.15) is 0 Å². The monoisotopic (exact) mass is 304 g/mol. The molecule has 0 atom stereocenters. The van der Waals surface area contributed by atoms with Crippen LogP contribution in [0.4, 0.5) is 4.79 Å². The molecule has 2 fully saturated rings. The van der Waals surface area contributed by atoms with Crippen LogP contribution in [-0.2, 0) is 16.0 Å². The molecule has 118 valence electrons. The minimum atomic E-state index is -0.404. The molecule has 1 aromatic carbocycles. The Morgan fingerprint density at radius 3 is 2.82 bits per heavy atom. The Bertz CT molecular complexity index is 569. The van der Waals surface area contributed by atoms with Gasteiger partial charge in [-0.25, -0.2) is 4.79 Å². The highest BCUT2D eigenvalue weighted by molar-refractivity contribution is 5.83. The molecule has 1 aromatic rings. The number of hydrogen-bond acceptors (Lipinski definition) is 4. The lowest BCUT2D eigenvalue weighted by molar-refractivity contribution is -0.140. The molecular formula is C16H20N2O4. The van der Waals surface area contributed by atoms with Crippen LogP contribution >= 0.6 is 0 Å². The topological polar surface area (TPSA) is 59.1 Å². The average molecular weight is 304 g/mol. The third kappa shape index (κ3) is 3.00. The number of para-hydroxylation sites is 1. The molecule has 0 radical (unpaired) electrons. The van der Waals surface area contributed by atoms with Gasteiger partial charge in [-0.15, -0.1) is 0 Å². The fourth-order valence-corrected chi connectivity index (χ4v) is 2.64. The van der Waals surface area contributed by atoms with Crippen LogP contribution in [0.2, 0.25) is 0 Å². The van der Waals surface area contributed by atoms with Gasteiger partial charge < -0.3 is 14.4 Å². The molecule has 0 bridgehead atoms. The lowest BCUT2D eigenvalue weighted by Gasteiger charge is -2.39. The summed E-state index contributed by atoms with van der Waals surface area (Å²) in [7, 11) is 0. The van der Waals surface area contributed by atoms with E-state index in [0.717, 1.165) is 12.2 Å². The van der Waals surface area contributed by atoms with Gasteiger partial charge in [0, 0.05) is 0 Å². The lowest BCUT2D eigenvalue weighted by Crippen LogP contribution is -2.58. The third-order valence-electron chi connectivity index (χ3n) is 4.02. The zero-order chi connectivity index (χ0) is 15.5. The van der Waals surface area contributed by atoms with Gasteiger partial charge in [0.05, 0.1) is 19.6 Å². The van der Waals surface area contributed by atoms with E-state index in [9.17, 15) is 9.59 Å². The van der Waals surface area contributed by atoms with E-state index in [-0.39, 0.29) is 18.6 Å². The van der Waals surface area contributed by atoms with Crippen LogP contribution in [0.1, 0.15) is 12.5 Å². The van der Waals surface area contributed by atoms with Crippen molar-refractivity contribution >= 4 is 12.0 Å². The summed E-state index contributed by atoms with van der Waals surface area (Å²) in [6.45, 7) is 4.18. The first-order valence-corrected chi connectivity index (χ1v) is 7.61. The zero-order valence-electron chi connectivity index (χ0n) is 12.7. The molecular weight excluding hydrogens is 284 g/mol. The number of aryl methyl sites for hydroxylation is 1. The summed E-state index contributed by atoms with van der Waals surface area (Å²) in [6, 6.07) is 7.96. The number of likely N-dealkylation sites (tertiary alicyclic amines) is 1. The average Bonchev–Trinajstić information content (AvgIpc) is 2.88. The van der Waals surface area contributed by atoms with Crippen molar-refractivity contribution in [3.63, 3.8) is 0 Å². The summed E-state index contributed by atoms with van der Waals surface area (Å²) < 4.78 is 10.8. The van der Waals surface area contributed by atoms with Gasteiger partial charge in [0.2, 0.25) is 5.91 Å². The normalized spacial score (nSPS) is 18.1. The Morgan fingerprint density at radius 1 is 1.36 bits per heavy atom. The number of hydrogen-bond donors (Lipinski definition) is 0. The minimum Gasteiger partial charge on any atom is -0.486 e. The SMILES string of the molecule is CCc1ccccc1OC1CN(C(=O)CN2CCOC2=O)C1. The predicted molar refractivity (Wildman–Crippen MR) is 79.7 cm³/mol. The summed E-state index contributed by atoms with van der Waals surface area (Å²) in [6.07, 6.45) is 0.545. The Hall–Kier alpha value is -2.24. The van der Waals surface area contributed by atoms with E-state index in [1.807, 2.05) is 18.2 Å². The maximum atomic E-state index is 12.1. The molecule has 3 rings (SSSR count). The number of benzene rings is 1. The quantitative estimate of drug-likeness (QED) is 0.822. The molecule has 2 heterocycles. The lowest BCUT2D eigenvalue weighted by atomic mass is 10.1. The van der Waals surface area contributed by atoms with Gasteiger partial charge in [0.15, 0.2) is 0 Å². The molecule has 0 aromatic heterocycles. The van der Waals surface area contributed by atoms with Crippen molar-refractivity contribution in [2.24, 2.45) is 0 Å². The first-order chi connectivity index (χ1) is 10.7. The van der Waals surface area contributed by atoms with E-state index in [1.54, 1.807) is 4.90 Å². The summed E-state index contributed by atoms with van der Waals surface area (Å²) in [5, 5.41) is 0. The molecule has 2 saturated heterocycles. The van der Waals surface area contributed by atoms with Gasteiger partial charge >= 0.3 is 6.09 Å². The van der Waals surface area contributed by atoms with Crippen LogP contribution in [0.3, 0.4) is 0 Å².